The highest BCUT2D eigenvalue weighted by Gasteiger charge is 2.19. The second kappa shape index (κ2) is 5.76. The minimum atomic E-state index is -0.0382. The van der Waals surface area contributed by atoms with E-state index in [2.05, 4.69) is 29.6 Å². The van der Waals surface area contributed by atoms with E-state index in [0.717, 1.165) is 12.2 Å². The van der Waals surface area contributed by atoms with Gasteiger partial charge >= 0.3 is 0 Å². The Morgan fingerprint density at radius 1 is 1.00 bits per heavy atom. The van der Waals surface area contributed by atoms with Gasteiger partial charge in [-0.1, -0.05) is 30.3 Å². The minimum Gasteiger partial charge on any atom is -0.469 e. The number of nitrogens with one attached hydrogen (secondary N) is 1. The van der Waals surface area contributed by atoms with E-state index in [4.69, 9.17) is 4.42 Å². The quantitative estimate of drug-likeness (QED) is 0.622. The van der Waals surface area contributed by atoms with Crippen molar-refractivity contribution in [2.24, 2.45) is 0 Å². The van der Waals surface area contributed by atoms with Gasteiger partial charge in [-0.05, 0) is 52.9 Å². The number of hydrogen-bond acceptors (Lipinski definition) is 2. The molecule has 1 N–H and O–H groups in total. The molecule has 3 nitrogen and oxygen atoms in total. The normalized spacial score (nSPS) is 11.8. The predicted octanol–water partition coefficient (Wildman–Crippen LogP) is 3.82. The summed E-state index contributed by atoms with van der Waals surface area (Å²) in [4.78, 5) is 12.3. The molecule has 0 bridgehead atoms. The molecule has 1 heterocycles. The first-order chi connectivity index (χ1) is 11.3. The van der Waals surface area contributed by atoms with Gasteiger partial charge in [0.2, 0.25) is 0 Å². The molecular formula is C20H17NO2. The molecule has 0 aliphatic heterocycles. The summed E-state index contributed by atoms with van der Waals surface area (Å²) in [6, 6.07) is 18.1. The highest BCUT2D eigenvalue weighted by atomic mass is 16.3. The van der Waals surface area contributed by atoms with Crippen LogP contribution < -0.4 is 5.32 Å². The zero-order chi connectivity index (χ0) is 15.6. The smallest absolute Gasteiger partial charge is 0.251 e. The number of carbonyl (C=O) groups excluding carboxylic acids is 1. The summed E-state index contributed by atoms with van der Waals surface area (Å²) in [7, 11) is 0. The van der Waals surface area contributed by atoms with E-state index < -0.39 is 0 Å². The van der Waals surface area contributed by atoms with Crippen molar-refractivity contribution < 1.29 is 9.21 Å². The van der Waals surface area contributed by atoms with E-state index in [1.807, 2.05) is 30.3 Å². The van der Waals surface area contributed by atoms with E-state index in [9.17, 15) is 4.79 Å². The molecule has 0 spiro atoms. The van der Waals surface area contributed by atoms with Crippen LogP contribution in [0.1, 0.15) is 27.2 Å². The highest BCUT2D eigenvalue weighted by Crippen LogP contribution is 2.36. The molecule has 0 saturated carbocycles. The fourth-order valence-electron chi connectivity index (χ4n) is 3.12. The lowest BCUT2D eigenvalue weighted by Crippen LogP contribution is -2.25. The van der Waals surface area contributed by atoms with Gasteiger partial charge in [-0.25, -0.2) is 0 Å². The molecule has 1 aromatic heterocycles. The molecule has 1 amide bonds. The lowest BCUT2D eigenvalue weighted by Gasteiger charge is -2.07. The first kappa shape index (κ1) is 13.8. The van der Waals surface area contributed by atoms with Crippen molar-refractivity contribution in [2.45, 2.75) is 12.8 Å². The van der Waals surface area contributed by atoms with Gasteiger partial charge in [0.05, 0.1) is 6.26 Å². The third-order valence-corrected chi connectivity index (χ3v) is 4.30. The van der Waals surface area contributed by atoms with Crippen molar-refractivity contribution in [3.05, 3.63) is 83.3 Å². The minimum absolute atomic E-state index is 0.0382. The standard InChI is InChI=1S/C20H17NO2/c22-20(21-10-9-17-5-3-11-23-17)16-8-7-15-12-14-4-1-2-6-18(14)19(15)13-16/h1-8,11,13H,9-10,12H2,(H,21,22). The average Bonchev–Trinajstić information content (AvgIpc) is 3.21. The summed E-state index contributed by atoms with van der Waals surface area (Å²) in [5.74, 6) is 0.844. The fraction of sp³-hybridized carbons (Fsp3) is 0.150. The Balaban J connectivity index is 1.49. The van der Waals surface area contributed by atoms with E-state index >= 15 is 0 Å². The summed E-state index contributed by atoms with van der Waals surface area (Å²) in [5.41, 5.74) is 5.75. The molecule has 23 heavy (non-hydrogen) atoms. The first-order valence-corrected chi connectivity index (χ1v) is 7.83. The number of benzene rings is 2. The zero-order valence-electron chi connectivity index (χ0n) is 12.7. The van der Waals surface area contributed by atoms with Crippen LogP contribution >= 0.6 is 0 Å². The highest BCUT2D eigenvalue weighted by molar-refractivity contribution is 5.96. The van der Waals surface area contributed by atoms with Crippen molar-refractivity contribution >= 4 is 5.91 Å². The maximum Gasteiger partial charge on any atom is 0.251 e. The maximum atomic E-state index is 12.3. The third-order valence-electron chi connectivity index (χ3n) is 4.30. The zero-order valence-corrected chi connectivity index (χ0v) is 12.7. The van der Waals surface area contributed by atoms with E-state index in [-0.39, 0.29) is 5.91 Å². The fourth-order valence-corrected chi connectivity index (χ4v) is 3.12. The van der Waals surface area contributed by atoms with Crippen LogP contribution in [0, 0.1) is 0 Å². The van der Waals surface area contributed by atoms with Crippen LogP contribution in [0.3, 0.4) is 0 Å². The van der Waals surface area contributed by atoms with Crippen LogP contribution in [0.4, 0.5) is 0 Å². The number of hydrogen-bond donors (Lipinski definition) is 1. The molecule has 1 aliphatic rings. The number of amides is 1. The molecule has 2 aromatic carbocycles. The van der Waals surface area contributed by atoms with Crippen molar-refractivity contribution in [3.8, 4) is 11.1 Å². The van der Waals surface area contributed by atoms with Crippen molar-refractivity contribution in [2.75, 3.05) is 6.54 Å². The van der Waals surface area contributed by atoms with Crippen LogP contribution in [0.5, 0.6) is 0 Å². The molecule has 0 fully saturated rings. The number of fused-ring (bicyclic) bond motifs is 3. The number of rotatable bonds is 4. The molecular weight excluding hydrogens is 286 g/mol. The van der Waals surface area contributed by atoms with Gasteiger partial charge < -0.3 is 9.73 Å². The molecule has 114 valence electrons. The molecule has 1 aliphatic carbocycles. The van der Waals surface area contributed by atoms with E-state index in [0.29, 0.717) is 18.5 Å². The summed E-state index contributed by atoms with van der Waals surface area (Å²) in [6.45, 7) is 0.569. The maximum absolute atomic E-state index is 12.3. The summed E-state index contributed by atoms with van der Waals surface area (Å²) < 4.78 is 5.27. The average molecular weight is 303 g/mol. The topological polar surface area (TPSA) is 42.2 Å². The van der Waals surface area contributed by atoms with E-state index in [1.165, 1.54) is 22.3 Å². The second-order valence-corrected chi connectivity index (χ2v) is 5.79. The van der Waals surface area contributed by atoms with Crippen LogP contribution in [-0.2, 0) is 12.8 Å². The lowest BCUT2D eigenvalue weighted by molar-refractivity contribution is 0.0953. The van der Waals surface area contributed by atoms with Crippen molar-refractivity contribution in [1.82, 2.24) is 5.32 Å². The Morgan fingerprint density at radius 3 is 2.74 bits per heavy atom. The van der Waals surface area contributed by atoms with Crippen LogP contribution in [0.25, 0.3) is 11.1 Å². The van der Waals surface area contributed by atoms with Gasteiger partial charge in [-0.15, -0.1) is 0 Å². The Kier molecular flexibility index (Phi) is 3.46. The molecule has 3 heteroatoms. The van der Waals surface area contributed by atoms with Gasteiger partial charge in [0.25, 0.3) is 5.91 Å². The summed E-state index contributed by atoms with van der Waals surface area (Å²) >= 11 is 0. The third kappa shape index (κ3) is 2.66. The monoisotopic (exact) mass is 303 g/mol. The number of furan rings is 1. The SMILES string of the molecule is O=C(NCCc1ccco1)c1ccc2c(c1)-c1ccccc1C2. The summed E-state index contributed by atoms with van der Waals surface area (Å²) in [6.07, 6.45) is 3.30. The largest absolute Gasteiger partial charge is 0.469 e. The molecule has 0 radical (unpaired) electrons. The van der Waals surface area contributed by atoms with Gasteiger partial charge in [0.1, 0.15) is 5.76 Å². The Bertz CT molecular complexity index is 850. The van der Waals surface area contributed by atoms with Gasteiger partial charge in [-0.2, -0.15) is 0 Å². The first-order valence-electron chi connectivity index (χ1n) is 7.83. The molecule has 0 unspecified atom stereocenters. The van der Waals surface area contributed by atoms with Gasteiger partial charge in [0.15, 0.2) is 0 Å². The van der Waals surface area contributed by atoms with Gasteiger partial charge in [0, 0.05) is 18.5 Å². The van der Waals surface area contributed by atoms with Crippen LogP contribution in [-0.4, -0.2) is 12.5 Å². The van der Waals surface area contributed by atoms with Gasteiger partial charge in [-0.3, -0.25) is 4.79 Å². The Labute approximate surface area is 135 Å². The molecule has 0 atom stereocenters. The van der Waals surface area contributed by atoms with Crippen LogP contribution in [0.15, 0.2) is 65.3 Å². The van der Waals surface area contributed by atoms with E-state index in [1.54, 1.807) is 6.26 Å². The van der Waals surface area contributed by atoms with Crippen LogP contribution in [0.2, 0.25) is 0 Å². The molecule has 0 saturated heterocycles. The summed E-state index contributed by atoms with van der Waals surface area (Å²) in [5, 5.41) is 2.95. The van der Waals surface area contributed by atoms with Crippen molar-refractivity contribution in [3.63, 3.8) is 0 Å². The second-order valence-electron chi connectivity index (χ2n) is 5.79. The van der Waals surface area contributed by atoms with Crippen molar-refractivity contribution in [1.29, 1.82) is 0 Å². The molecule has 4 rings (SSSR count). The Morgan fingerprint density at radius 2 is 1.87 bits per heavy atom. The lowest BCUT2D eigenvalue weighted by atomic mass is 10.0. The molecule has 3 aromatic rings. The predicted molar refractivity (Wildman–Crippen MR) is 89.4 cm³/mol. The number of carbonyl (C=O) groups is 1. The Hall–Kier alpha value is -2.81.